The molecule has 4 rings (SSSR count). The molecule has 1 aromatic heterocycles. The Labute approximate surface area is 141 Å². The molecule has 0 bridgehead atoms. The van der Waals surface area contributed by atoms with Gasteiger partial charge in [-0.2, -0.15) is 4.98 Å². The molecule has 5 nitrogen and oxygen atoms in total. The minimum absolute atomic E-state index is 0.169. The van der Waals surface area contributed by atoms with Crippen LogP contribution in [0.4, 0.5) is 0 Å². The molecule has 5 heteroatoms. The summed E-state index contributed by atoms with van der Waals surface area (Å²) in [6.45, 7) is 2.83. The summed E-state index contributed by atoms with van der Waals surface area (Å²) in [4.78, 5) is 6.78. The normalized spacial score (nSPS) is 19.3. The zero-order valence-corrected chi connectivity index (χ0v) is 13.6. The zero-order chi connectivity index (χ0) is 16.4. The van der Waals surface area contributed by atoms with Crippen LogP contribution in [0.15, 0.2) is 47.0 Å². The molecule has 1 saturated heterocycles. The number of nitrogens with one attached hydrogen (secondary N) is 1. The molecule has 122 valence electrons. The van der Waals surface area contributed by atoms with Crippen LogP contribution in [0.3, 0.4) is 0 Å². The molecule has 1 atom stereocenters. The third-order valence-electron chi connectivity index (χ3n) is 4.50. The van der Waals surface area contributed by atoms with Crippen LogP contribution >= 0.6 is 0 Å². The average molecular weight is 320 g/mol. The van der Waals surface area contributed by atoms with Gasteiger partial charge in [0, 0.05) is 25.7 Å². The first-order valence-corrected chi connectivity index (χ1v) is 8.22. The minimum Gasteiger partial charge on any atom is -0.335 e. The van der Waals surface area contributed by atoms with E-state index in [4.69, 9.17) is 4.52 Å². The lowest BCUT2D eigenvalue weighted by Crippen LogP contribution is -2.44. The molecule has 2 heterocycles. The molecule has 3 aromatic rings. The van der Waals surface area contributed by atoms with Crippen LogP contribution in [0, 0.1) is 0 Å². The molecule has 1 N–H and O–H groups in total. The predicted octanol–water partition coefficient (Wildman–Crippen LogP) is 2.97. The largest absolute Gasteiger partial charge is 0.335 e. The van der Waals surface area contributed by atoms with E-state index in [1.165, 1.54) is 10.8 Å². The molecular weight excluding hydrogens is 300 g/mol. The smallest absolute Gasteiger partial charge is 0.250 e. The number of nitrogens with zero attached hydrogens (tertiary/aromatic N) is 3. The monoisotopic (exact) mass is 320 g/mol. The van der Waals surface area contributed by atoms with E-state index in [0.29, 0.717) is 5.89 Å². The van der Waals surface area contributed by atoms with Gasteiger partial charge in [-0.25, -0.2) is 0 Å². The minimum atomic E-state index is 0.169. The van der Waals surface area contributed by atoms with Gasteiger partial charge in [-0.05, 0) is 29.5 Å². The Morgan fingerprint density at radius 1 is 1.17 bits per heavy atom. The summed E-state index contributed by atoms with van der Waals surface area (Å²) in [5.41, 5.74) is 1.14. The highest BCUT2D eigenvalue weighted by Gasteiger charge is 2.24. The quantitative estimate of drug-likeness (QED) is 0.804. The van der Waals surface area contributed by atoms with Crippen LogP contribution in [0.2, 0.25) is 0 Å². The fourth-order valence-corrected chi connectivity index (χ4v) is 3.10. The number of aromatic nitrogens is 2. The van der Waals surface area contributed by atoms with Crippen molar-refractivity contribution in [1.82, 2.24) is 20.4 Å². The van der Waals surface area contributed by atoms with Gasteiger partial charge in [0.15, 0.2) is 5.82 Å². The second kappa shape index (κ2) is 6.55. The van der Waals surface area contributed by atoms with Gasteiger partial charge in [-0.1, -0.05) is 47.6 Å². The van der Waals surface area contributed by atoms with Crippen molar-refractivity contribution in [3.8, 4) is 0 Å². The van der Waals surface area contributed by atoms with Gasteiger partial charge in [0.2, 0.25) is 0 Å². The van der Waals surface area contributed by atoms with E-state index in [0.717, 1.165) is 31.0 Å². The van der Waals surface area contributed by atoms with Crippen LogP contribution in [-0.4, -0.2) is 41.7 Å². The molecule has 24 heavy (non-hydrogen) atoms. The van der Waals surface area contributed by atoms with Crippen molar-refractivity contribution < 1.29 is 4.52 Å². The van der Waals surface area contributed by atoms with Gasteiger partial charge in [-0.3, -0.25) is 4.90 Å². The lowest BCUT2D eigenvalue weighted by Gasteiger charge is -2.30. The van der Waals surface area contributed by atoms with Crippen molar-refractivity contribution in [3.05, 3.63) is 59.7 Å². The summed E-state index contributed by atoms with van der Waals surface area (Å²) < 4.78 is 5.40. The average Bonchev–Trinajstić information content (AvgIpc) is 3.09. The van der Waals surface area contributed by atoms with E-state index in [-0.39, 0.29) is 6.04 Å². The van der Waals surface area contributed by atoms with E-state index < -0.39 is 0 Å². The Balaban J connectivity index is 1.58. The van der Waals surface area contributed by atoms with Gasteiger partial charge in [0.1, 0.15) is 0 Å². The van der Waals surface area contributed by atoms with Gasteiger partial charge in [-0.15, -0.1) is 0 Å². The Morgan fingerprint density at radius 2 is 2.04 bits per heavy atom. The second-order valence-corrected chi connectivity index (χ2v) is 6.09. The van der Waals surface area contributed by atoms with Crippen molar-refractivity contribution >= 4 is 22.9 Å². The van der Waals surface area contributed by atoms with Crippen LogP contribution in [0.1, 0.15) is 23.3 Å². The molecule has 0 aliphatic carbocycles. The molecule has 1 aliphatic heterocycles. The van der Waals surface area contributed by atoms with E-state index >= 15 is 0 Å². The van der Waals surface area contributed by atoms with Crippen LogP contribution in [0.25, 0.3) is 22.9 Å². The number of piperazine rings is 1. The first-order chi connectivity index (χ1) is 11.8. The van der Waals surface area contributed by atoms with E-state index in [1.54, 1.807) is 0 Å². The van der Waals surface area contributed by atoms with Crippen molar-refractivity contribution in [3.63, 3.8) is 0 Å². The number of hydrogen-bond donors (Lipinski definition) is 1. The van der Waals surface area contributed by atoms with Crippen LogP contribution < -0.4 is 5.32 Å². The molecule has 0 amide bonds. The zero-order valence-electron chi connectivity index (χ0n) is 13.6. The lowest BCUT2D eigenvalue weighted by molar-refractivity contribution is 0.190. The highest BCUT2D eigenvalue weighted by Crippen LogP contribution is 2.21. The fourth-order valence-electron chi connectivity index (χ4n) is 3.10. The highest BCUT2D eigenvalue weighted by molar-refractivity contribution is 5.92. The Hall–Kier alpha value is -2.50. The number of fused-ring (bicyclic) bond motifs is 1. The van der Waals surface area contributed by atoms with Gasteiger partial charge >= 0.3 is 0 Å². The standard InChI is InChI=1S/C19H20N4O/c1-23-12-11-20-13-17(23)19-21-18(24-22-19)10-9-15-7-4-6-14-5-2-3-8-16(14)15/h2-10,17,20H,11-13H2,1H3/b10-9+. The van der Waals surface area contributed by atoms with Crippen molar-refractivity contribution in [2.75, 3.05) is 26.7 Å². The van der Waals surface area contributed by atoms with Gasteiger partial charge in [0.05, 0.1) is 6.04 Å². The topological polar surface area (TPSA) is 54.2 Å². The third kappa shape index (κ3) is 2.96. The van der Waals surface area contributed by atoms with Crippen molar-refractivity contribution in [2.24, 2.45) is 0 Å². The van der Waals surface area contributed by atoms with E-state index in [2.05, 4.69) is 69.9 Å². The van der Waals surface area contributed by atoms with Crippen molar-refractivity contribution in [2.45, 2.75) is 6.04 Å². The summed E-state index contributed by atoms with van der Waals surface area (Å²) in [7, 11) is 2.09. The summed E-state index contributed by atoms with van der Waals surface area (Å²) in [6.07, 6.45) is 3.91. The molecule has 2 aromatic carbocycles. The van der Waals surface area contributed by atoms with Crippen molar-refractivity contribution in [1.29, 1.82) is 0 Å². The summed E-state index contributed by atoms with van der Waals surface area (Å²) >= 11 is 0. The first-order valence-electron chi connectivity index (χ1n) is 8.22. The number of benzene rings is 2. The molecule has 1 aliphatic rings. The summed E-state index contributed by atoms with van der Waals surface area (Å²) in [6, 6.07) is 14.8. The molecule has 0 radical (unpaired) electrons. The fraction of sp³-hybridized carbons (Fsp3) is 0.263. The van der Waals surface area contributed by atoms with E-state index in [1.807, 2.05) is 12.2 Å². The number of likely N-dealkylation sites (N-methyl/N-ethyl adjacent to an activating group) is 1. The lowest BCUT2D eigenvalue weighted by atomic mass is 10.0. The second-order valence-electron chi connectivity index (χ2n) is 6.09. The number of rotatable bonds is 3. The first kappa shape index (κ1) is 15.1. The van der Waals surface area contributed by atoms with Gasteiger partial charge in [0.25, 0.3) is 5.89 Å². The van der Waals surface area contributed by atoms with Gasteiger partial charge < -0.3 is 9.84 Å². The molecule has 1 fully saturated rings. The summed E-state index contributed by atoms with van der Waals surface area (Å²) in [5.74, 6) is 1.28. The maximum atomic E-state index is 5.40. The molecular formula is C19H20N4O. The molecule has 0 spiro atoms. The number of hydrogen-bond acceptors (Lipinski definition) is 5. The predicted molar refractivity (Wildman–Crippen MR) is 95.4 cm³/mol. The van der Waals surface area contributed by atoms with E-state index in [9.17, 15) is 0 Å². The maximum absolute atomic E-state index is 5.40. The third-order valence-corrected chi connectivity index (χ3v) is 4.50. The highest BCUT2D eigenvalue weighted by atomic mass is 16.5. The Morgan fingerprint density at radius 3 is 2.96 bits per heavy atom. The van der Waals surface area contributed by atoms with Crippen LogP contribution in [-0.2, 0) is 0 Å². The Kier molecular flexibility index (Phi) is 4.11. The molecule has 0 saturated carbocycles. The SMILES string of the molecule is CN1CCNCC1c1noc(/C=C/c2cccc3ccccc23)n1. The Bertz CT molecular complexity index is 865. The van der Waals surface area contributed by atoms with Crippen LogP contribution in [0.5, 0.6) is 0 Å². The summed E-state index contributed by atoms with van der Waals surface area (Å²) in [5, 5.41) is 9.95. The molecule has 1 unspecified atom stereocenters. The maximum Gasteiger partial charge on any atom is 0.250 e.